The van der Waals surface area contributed by atoms with Gasteiger partial charge in [0.1, 0.15) is 0 Å². The molecule has 0 fully saturated rings. The molecule has 8 heteroatoms. The predicted octanol–water partition coefficient (Wildman–Crippen LogP) is 4.09. The van der Waals surface area contributed by atoms with Gasteiger partial charge in [-0.05, 0) is 58.8 Å². The smallest absolute Gasteiger partial charge is 0.240 e. The van der Waals surface area contributed by atoms with Crippen LogP contribution >= 0.6 is 11.6 Å². The van der Waals surface area contributed by atoms with E-state index in [0.29, 0.717) is 22.8 Å². The van der Waals surface area contributed by atoms with Gasteiger partial charge in [0.25, 0.3) is 0 Å². The van der Waals surface area contributed by atoms with E-state index in [0.717, 1.165) is 16.3 Å². The van der Waals surface area contributed by atoms with Gasteiger partial charge in [-0.3, -0.25) is 4.68 Å². The van der Waals surface area contributed by atoms with Gasteiger partial charge >= 0.3 is 0 Å². The number of hydrogen-bond donors (Lipinski definition) is 1. The lowest BCUT2D eigenvalue weighted by atomic mass is 10.1. The molecule has 0 unspecified atom stereocenters. The van der Waals surface area contributed by atoms with Gasteiger partial charge < -0.3 is 0 Å². The van der Waals surface area contributed by atoms with Gasteiger partial charge in [0.2, 0.25) is 10.0 Å². The summed E-state index contributed by atoms with van der Waals surface area (Å²) in [5.74, 6) is 0. The van der Waals surface area contributed by atoms with Crippen molar-refractivity contribution in [3.63, 3.8) is 0 Å². The monoisotopic (exact) mass is 436 g/mol. The molecule has 1 N–H and O–H groups in total. The maximum atomic E-state index is 12.7. The maximum Gasteiger partial charge on any atom is 0.240 e. The van der Waals surface area contributed by atoms with Crippen LogP contribution in [0.2, 0.25) is 5.02 Å². The highest BCUT2D eigenvalue weighted by Crippen LogP contribution is 2.22. The average molecular weight is 437 g/mol. The molecule has 0 radical (unpaired) electrons. The lowest BCUT2D eigenvalue weighted by Crippen LogP contribution is -2.23. The first-order valence-electron chi connectivity index (χ1n) is 9.13. The molecule has 0 aliphatic heterocycles. The quantitative estimate of drug-likeness (QED) is 0.493. The van der Waals surface area contributed by atoms with E-state index < -0.39 is 10.0 Å². The molecule has 0 saturated carbocycles. The molecular weight excluding hydrogens is 420 g/mol. The second-order valence-corrected chi connectivity index (χ2v) is 9.00. The first-order chi connectivity index (χ1) is 14.4. The van der Waals surface area contributed by atoms with Crippen molar-refractivity contribution in [1.82, 2.24) is 14.5 Å². The molecule has 0 saturated heterocycles. The zero-order chi connectivity index (χ0) is 21.1. The summed E-state index contributed by atoms with van der Waals surface area (Å²) in [6.07, 6.45) is 1.78. The lowest BCUT2D eigenvalue weighted by Gasteiger charge is -2.07. The zero-order valence-electron chi connectivity index (χ0n) is 15.8. The van der Waals surface area contributed by atoms with Gasteiger partial charge in [0.15, 0.2) is 0 Å². The Labute approximate surface area is 179 Å². The van der Waals surface area contributed by atoms with E-state index in [1.165, 1.54) is 0 Å². The number of rotatable bonds is 6. The Morgan fingerprint density at radius 3 is 2.70 bits per heavy atom. The second kappa shape index (κ2) is 8.28. The number of benzene rings is 3. The van der Waals surface area contributed by atoms with E-state index in [9.17, 15) is 8.42 Å². The Morgan fingerprint density at radius 1 is 1.03 bits per heavy atom. The van der Waals surface area contributed by atoms with E-state index >= 15 is 0 Å². The van der Waals surface area contributed by atoms with Crippen LogP contribution in [0, 0.1) is 11.3 Å². The number of sulfonamides is 1. The Balaban J connectivity index is 1.46. The Morgan fingerprint density at radius 2 is 1.87 bits per heavy atom. The Hall–Kier alpha value is -3.18. The molecule has 0 bridgehead atoms. The molecule has 1 heterocycles. The number of aromatic nitrogens is 2. The summed E-state index contributed by atoms with van der Waals surface area (Å²) in [6.45, 7) is 0.564. The minimum atomic E-state index is -3.70. The van der Waals surface area contributed by atoms with Gasteiger partial charge in [-0.25, -0.2) is 13.1 Å². The van der Waals surface area contributed by atoms with Crippen molar-refractivity contribution in [2.75, 3.05) is 0 Å². The SMILES string of the molecule is N#Cc1cccc(Cn2ccc(CNS(=O)(=O)c3ccc4ccc(Cl)cc4c3)n2)c1. The number of nitriles is 1. The molecule has 3 aromatic carbocycles. The molecule has 6 nitrogen and oxygen atoms in total. The molecular formula is C22H17ClN4O2S. The van der Waals surface area contributed by atoms with Crippen molar-refractivity contribution in [3.8, 4) is 6.07 Å². The highest BCUT2D eigenvalue weighted by atomic mass is 35.5. The van der Waals surface area contributed by atoms with Crippen LogP contribution < -0.4 is 4.72 Å². The molecule has 0 amide bonds. The van der Waals surface area contributed by atoms with Crippen molar-refractivity contribution >= 4 is 32.4 Å². The fourth-order valence-corrected chi connectivity index (χ4v) is 4.34. The second-order valence-electron chi connectivity index (χ2n) is 6.79. The maximum absolute atomic E-state index is 12.7. The van der Waals surface area contributed by atoms with Crippen LogP contribution in [0.4, 0.5) is 0 Å². The molecule has 0 aliphatic carbocycles. The number of fused-ring (bicyclic) bond motifs is 1. The van der Waals surface area contributed by atoms with Crippen LogP contribution in [0.1, 0.15) is 16.8 Å². The first-order valence-corrected chi connectivity index (χ1v) is 11.0. The Bertz CT molecular complexity index is 1370. The fourth-order valence-electron chi connectivity index (χ4n) is 3.13. The minimum absolute atomic E-state index is 0.0706. The summed E-state index contributed by atoms with van der Waals surface area (Å²) in [4.78, 5) is 0.171. The molecule has 0 atom stereocenters. The van der Waals surface area contributed by atoms with Crippen LogP contribution in [0.5, 0.6) is 0 Å². The third-order valence-electron chi connectivity index (χ3n) is 4.62. The van der Waals surface area contributed by atoms with Crippen LogP contribution in [-0.4, -0.2) is 18.2 Å². The molecule has 1 aromatic heterocycles. The first kappa shape index (κ1) is 20.1. The molecule has 4 rings (SSSR count). The highest BCUT2D eigenvalue weighted by molar-refractivity contribution is 7.89. The van der Waals surface area contributed by atoms with Crippen LogP contribution in [0.15, 0.2) is 77.8 Å². The average Bonchev–Trinajstić information content (AvgIpc) is 3.19. The zero-order valence-corrected chi connectivity index (χ0v) is 17.4. The van der Waals surface area contributed by atoms with Gasteiger partial charge in [-0.1, -0.05) is 35.9 Å². The van der Waals surface area contributed by atoms with Crippen LogP contribution in [-0.2, 0) is 23.1 Å². The summed E-state index contributed by atoms with van der Waals surface area (Å²) in [5.41, 5.74) is 2.13. The van der Waals surface area contributed by atoms with E-state index in [1.54, 1.807) is 59.4 Å². The van der Waals surface area contributed by atoms with Crippen molar-refractivity contribution in [2.45, 2.75) is 18.0 Å². The number of halogens is 1. The van der Waals surface area contributed by atoms with Gasteiger partial charge in [-0.2, -0.15) is 10.4 Å². The summed E-state index contributed by atoms with van der Waals surface area (Å²) in [5, 5.41) is 15.6. The van der Waals surface area contributed by atoms with E-state index in [-0.39, 0.29) is 11.4 Å². The molecule has 0 spiro atoms. The van der Waals surface area contributed by atoms with E-state index in [1.807, 2.05) is 18.2 Å². The minimum Gasteiger partial charge on any atom is -0.268 e. The summed E-state index contributed by atoms with van der Waals surface area (Å²) in [7, 11) is -3.70. The third kappa shape index (κ3) is 4.52. The fraction of sp³-hybridized carbons (Fsp3) is 0.0909. The molecule has 150 valence electrons. The topological polar surface area (TPSA) is 87.8 Å². The largest absolute Gasteiger partial charge is 0.268 e. The highest BCUT2D eigenvalue weighted by Gasteiger charge is 2.15. The predicted molar refractivity (Wildman–Crippen MR) is 115 cm³/mol. The van der Waals surface area contributed by atoms with Gasteiger partial charge in [0.05, 0.1) is 35.3 Å². The summed E-state index contributed by atoms with van der Waals surface area (Å²) < 4.78 is 29.7. The van der Waals surface area contributed by atoms with Crippen molar-refractivity contribution in [1.29, 1.82) is 5.26 Å². The molecule has 0 aliphatic rings. The van der Waals surface area contributed by atoms with Gasteiger partial charge in [-0.15, -0.1) is 0 Å². The Kier molecular flexibility index (Phi) is 5.55. The van der Waals surface area contributed by atoms with E-state index in [4.69, 9.17) is 16.9 Å². The number of nitrogens with one attached hydrogen (secondary N) is 1. The summed E-state index contributed by atoms with van der Waals surface area (Å²) in [6, 6.07) is 21.4. The molecule has 30 heavy (non-hydrogen) atoms. The molecule has 4 aromatic rings. The normalized spacial score (nSPS) is 11.5. The number of nitrogens with zero attached hydrogens (tertiary/aromatic N) is 3. The van der Waals surface area contributed by atoms with Crippen LogP contribution in [0.3, 0.4) is 0 Å². The van der Waals surface area contributed by atoms with Crippen LogP contribution in [0.25, 0.3) is 10.8 Å². The van der Waals surface area contributed by atoms with E-state index in [2.05, 4.69) is 15.9 Å². The third-order valence-corrected chi connectivity index (χ3v) is 6.26. The number of hydrogen-bond acceptors (Lipinski definition) is 4. The van der Waals surface area contributed by atoms with Gasteiger partial charge in [0, 0.05) is 11.2 Å². The summed E-state index contributed by atoms with van der Waals surface area (Å²) >= 11 is 6.01. The van der Waals surface area contributed by atoms with Crippen molar-refractivity contribution < 1.29 is 8.42 Å². The van der Waals surface area contributed by atoms with Crippen molar-refractivity contribution in [2.24, 2.45) is 0 Å². The lowest BCUT2D eigenvalue weighted by molar-refractivity contribution is 0.579. The standard InChI is InChI=1S/C22H17ClN4O2S/c23-20-6-4-18-5-7-22(12-19(18)11-20)30(28,29)25-14-21-8-9-27(26-21)15-17-3-1-2-16(10-17)13-24/h1-12,25H,14-15H2. The van der Waals surface area contributed by atoms with Crippen molar-refractivity contribution in [3.05, 3.63) is 94.8 Å².